The van der Waals surface area contributed by atoms with Crippen molar-refractivity contribution in [2.24, 2.45) is 35.5 Å². The Morgan fingerprint density at radius 1 is 0.391 bits per heavy atom. The van der Waals surface area contributed by atoms with Crippen LogP contribution in [0.3, 0.4) is 0 Å². The van der Waals surface area contributed by atoms with Gasteiger partial charge in [0.1, 0.15) is 36.3 Å². The number of rotatable bonds is 25. The predicted molar refractivity (Wildman–Crippen MR) is 275 cm³/mol. The molecule has 0 saturated heterocycles. The van der Waals surface area contributed by atoms with Crippen LogP contribution < -0.4 is 10.6 Å². The minimum absolute atomic E-state index is 0.235. The molecule has 2 aromatic rings. The molecule has 0 unspecified atom stereocenters. The van der Waals surface area contributed by atoms with Crippen LogP contribution in [0.15, 0.2) is 60.7 Å². The van der Waals surface area contributed by atoms with Gasteiger partial charge < -0.3 is 40.0 Å². The van der Waals surface area contributed by atoms with Crippen LogP contribution in [0.4, 0.5) is 0 Å². The summed E-state index contributed by atoms with van der Waals surface area (Å²) < 4.78 is 0. The number of amides is 7. The Morgan fingerprint density at radius 3 is 0.928 bits per heavy atom. The van der Waals surface area contributed by atoms with E-state index in [0.29, 0.717) is 19.4 Å². The van der Waals surface area contributed by atoms with E-state index in [-0.39, 0.29) is 35.5 Å². The summed E-state index contributed by atoms with van der Waals surface area (Å²) in [6.07, 6.45) is 1.06. The number of nitrogens with one attached hydrogen (secondary N) is 2. The van der Waals surface area contributed by atoms with Crippen molar-refractivity contribution < 1.29 is 33.6 Å². The largest absolute Gasteiger partial charge is 0.354 e. The van der Waals surface area contributed by atoms with E-state index in [4.69, 9.17) is 0 Å². The Morgan fingerprint density at radius 2 is 0.652 bits per heavy atom. The van der Waals surface area contributed by atoms with Crippen LogP contribution >= 0.6 is 0 Å². The summed E-state index contributed by atoms with van der Waals surface area (Å²) in [5.41, 5.74) is 2.05. The van der Waals surface area contributed by atoms with Crippen molar-refractivity contribution in [3.8, 4) is 0 Å². The third kappa shape index (κ3) is 15.3. The minimum atomic E-state index is -1.04. The van der Waals surface area contributed by atoms with Crippen LogP contribution in [-0.4, -0.2) is 169 Å². The molecule has 69 heavy (non-hydrogen) atoms. The van der Waals surface area contributed by atoms with E-state index in [0.717, 1.165) is 11.1 Å². The fraction of sp³-hybridized carbons (Fsp3) is 0.648. The summed E-state index contributed by atoms with van der Waals surface area (Å²) in [6.45, 7) is 22.6. The summed E-state index contributed by atoms with van der Waals surface area (Å²) in [7, 11) is 11.2. The first kappa shape index (κ1) is 59.8. The molecule has 7 atom stereocenters. The first-order valence-corrected chi connectivity index (χ1v) is 24.8. The number of nitrogens with zero attached hydrogens (tertiary/aromatic N) is 6. The molecule has 0 heterocycles. The normalized spacial score (nSPS) is 14.7. The monoisotopic (exact) mass is 961 g/mol. The van der Waals surface area contributed by atoms with Gasteiger partial charge >= 0.3 is 0 Å². The van der Waals surface area contributed by atoms with Crippen molar-refractivity contribution in [2.75, 3.05) is 55.9 Å². The van der Waals surface area contributed by atoms with Crippen LogP contribution in [-0.2, 0) is 46.4 Å². The number of carbonyl (C=O) groups excluding carboxylic acids is 7. The summed E-state index contributed by atoms with van der Waals surface area (Å²) in [5.74, 6) is -4.84. The molecule has 0 aliphatic carbocycles. The highest BCUT2D eigenvalue weighted by molar-refractivity contribution is 5.97. The number of carbonyl (C=O) groups is 7. The lowest BCUT2D eigenvalue weighted by Crippen LogP contribution is -2.63. The van der Waals surface area contributed by atoms with Crippen LogP contribution in [0.1, 0.15) is 94.2 Å². The average Bonchev–Trinajstić information content (AvgIpc) is 3.27. The van der Waals surface area contributed by atoms with Gasteiger partial charge in [-0.1, -0.05) is 144 Å². The second-order valence-corrected chi connectivity index (χ2v) is 20.9. The van der Waals surface area contributed by atoms with Gasteiger partial charge in [-0.15, -0.1) is 0 Å². The second kappa shape index (κ2) is 27.2. The number of hydrogen-bond acceptors (Lipinski definition) is 8. The standard InChI is InChI=1S/C54H88N8O7/c1-33(2)42(48(63)56-31-30-39-26-22-20-23-27-39)57(14)50(65)44(35(5)6)59(16)52(67)46(37(9)10)61(18)54(69)47(38(11)12)62(19)53(68)45(36(7)8)60(17)51(66)43(34(3)4)58(15)49(64)41(55-13)32-40-28-24-21-25-29-40/h20-29,33-38,41-47,55H,30-32H2,1-19H3,(H,56,63)/t41-,42-,43-,44-,45-,46-,47-/m0/s1. The smallest absolute Gasteiger partial charge is 0.246 e. The van der Waals surface area contributed by atoms with Crippen molar-refractivity contribution in [1.82, 2.24) is 40.0 Å². The Balaban J connectivity index is 2.41. The fourth-order valence-corrected chi connectivity index (χ4v) is 9.77. The lowest BCUT2D eigenvalue weighted by Gasteiger charge is -2.43. The Bertz CT molecular complexity index is 1990. The fourth-order valence-electron chi connectivity index (χ4n) is 9.77. The van der Waals surface area contributed by atoms with E-state index in [1.54, 1.807) is 49.3 Å². The molecule has 0 aromatic heterocycles. The van der Waals surface area contributed by atoms with Gasteiger partial charge in [0.2, 0.25) is 41.4 Å². The topological polar surface area (TPSA) is 163 Å². The van der Waals surface area contributed by atoms with Crippen molar-refractivity contribution in [3.05, 3.63) is 71.8 Å². The molecular formula is C54H88N8O7. The highest BCUT2D eigenvalue weighted by Gasteiger charge is 2.46. The average molecular weight is 961 g/mol. The van der Waals surface area contributed by atoms with Crippen molar-refractivity contribution in [1.29, 1.82) is 0 Å². The third-order valence-corrected chi connectivity index (χ3v) is 13.4. The Hall–Kier alpha value is -5.31. The first-order valence-electron chi connectivity index (χ1n) is 24.8. The maximum Gasteiger partial charge on any atom is 0.246 e. The van der Waals surface area contributed by atoms with Gasteiger partial charge in [0, 0.05) is 48.8 Å². The molecule has 0 radical (unpaired) electrons. The van der Waals surface area contributed by atoms with E-state index in [1.807, 2.05) is 144 Å². The summed E-state index contributed by atoms with van der Waals surface area (Å²) >= 11 is 0. The second-order valence-electron chi connectivity index (χ2n) is 20.9. The third-order valence-electron chi connectivity index (χ3n) is 13.4. The van der Waals surface area contributed by atoms with E-state index >= 15 is 0 Å². The SMILES string of the molecule is CN[C@@H](Cc1ccccc1)C(=O)N(C)[C@H](C(=O)N(C)[C@H](C(=O)N(C)[C@H](C(=O)N(C)[C@H](C(=O)N(C)[C@H](C(=O)N(C)[C@H](C(=O)NCCc1ccccc1)C(C)C)C(C)C)C(C)C)C(C)C)C(C)C)C(C)C. The molecule has 386 valence electrons. The van der Waals surface area contributed by atoms with Crippen molar-refractivity contribution in [2.45, 2.75) is 138 Å². The molecule has 2 aromatic carbocycles. The summed E-state index contributed by atoms with van der Waals surface area (Å²) in [5, 5.41) is 6.11. The lowest BCUT2D eigenvalue weighted by atomic mass is 9.93. The van der Waals surface area contributed by atoms with E-state index in [2.05, 4.69) is 10.6 Å². The first-order chi connectivity index (χ1) is 32.1. The van der Waals surface area contributed by atoms with Gasteiger partial charge in [-0.2, -0.15) is 0 Å². The van der Waals surface area contributed by atoms with Gasteiger partial charge in [0.25, 0.3) is 0 Å². The molecule has 0 fully saturated rings. The molecule has 0 aliphatic heterocycles. The number of benzene rings is 2. The van der Waals surface area contributed by atoms with Crippen LogP contribution in [0.2, 0.25) is 0 Å². The van der Waals surface area contributed by atoms with Crippen LogP contribution in [0.25, 0.3) is 0 Å². The van der Waals surface area contributed by atoms with E-state index < -0.39 is 83.7 Å². The van der Waals surface area contributed by atoms with E-state index in [9.17, 15) is 33.6 Å². The van der Waals surface area contributed by atoms with E-state index in [1.165, 1.54) is 29.4 Å². The summed E-state index contributed by atoms with van der Waals surface area (Å²) in [6, 6.07) is 13.1. The Labute approximate surface area is 415 Å². The van der Waals surface area contributed by atoms with Gasteiger partial charge in [-0.3, -0.25) is 33.6 Å². The molecule has 0 spiro atoms. The molecule has 0 bridgehead atoms. The van der Waals surface area contributed by atoms with Crippen LogP contribution in [0.5, 0.6) is 0 Å². The molecule has 7 amide bonds. The van der Waals surface area contributed by atoms with Gasteiger partial charge in [0.15, 0.2) is 0 Å². The van der Waals surface area contributed by atoms with Crippen molar-refractivity contribution in [3.63, 3.8) is 0 Å². The maximum absolute atomic E-state index is 14.9. The van der Waals surface area contributed by atoms with Crippen molar-refractivity contribution >= 4 is 41.4 Å². The zero-order valence-electron chi connectivity index (χ0n) is 45.4. The molecule has 0 aliphatic rings. The van der Waals surface area contributed by atoms with Gasteiger partial charge in [-0.25, -0.2) is 0 Å². The quantitative estimate of drug-likeness (QED) is 0.139. The molecule has 15 heteroatoms. The molecule has 15 nitrogen and oxygen atoms in total. The molecule has 2 N–H and O–H groups in total. The predicted octanol–water partition coefficient (Wildman–Crippen LogP) is 5.07. The molecule has 0 saturated carbocycles. The number of hydrogen-bond donors (Lipinski definition) is 2. The zero-order valence-corrected chi connectivity index (χ0v) is 45.4. The highest BCUT2D eigenvalue weighted by atomic mass is 16.2. The molecule has 2 rings (SSSR count). The minimum Gasteiger partial charge on any atom is -0.354 e. The Kier molecular flexibility index (Phi) is 23.6. The maximum atomic E-state index is 14.9. The van der Waals surface area contributed by atoms with Gasteiger partial charge in [-0.05, 0) is 66.5 Å². The van der Waals surface area contributed by atoms with Gasteiger partial charge in [0.05, 0.1) is 6.04 Å². The number of likely N-dealkylation sites (N-methyl/N-ethyl adjacent to an activating group) is 7. The zero-order chi connectivity index (χ0) is 52.8. The lowest BCUT2D eigenvalue weighted by molar-refractivity contribution is -0.159. The summed E-state index contributed by atoms with van der Waals surface area (Å²) in [4.78, 5) is 110. The molecular weight excluding hydrogens is 873 g/mol. The highest BCUT2D eigenvalue weighted by Crippen LogP contribution is 2.26. The van der Waals surface area contributed by atoms with Crippen LogP contribution in [0, 0.1) is 35.5 Å².